The molecule has 0 saturated carbocycles. The lowest BCUT2D eigenvalue weighted by Crippen LogP contribution is -2.81. The number of carbonyl (C=O) groups excluding carboxylic acids is 4. The number of para-hydroxylation sites is 1. The number of esters is 2. The molecule has 7 heteroatoms. The fourth-order valence-corrected chi connectivity index (χ4v) is 2.90. The average molecular weight is 333 g/mol. The Kier molecular flexibility index (Phi) is 5.02. The van der Waals surface area contributed by atoms with Crippen molar-refractivity contribution in [3.8, 4) is 0 Å². The smallest absolute Gasteiger partial charge is 0.345 e. The van der Waals surface area contributed by atoms with Gasteiger partial charge in [0.15, 0.2) is 0 Å². The van der Waals surface area contributed by atoms with Crippen molar-refractivity contribution >= 4 is 29.3 Å². The van der Waals surface area contributed by atoms with Crippen molar-refractivity contribution in [2.75, 3.05) is 18.1 Å². The summed E-state index contributed by atoms with van der Waals surface area (Å²) in [7, 11) is 0. The number of carbonyl (C=O) groups is 4. The Morgan fingerprint density at radius 2 is 1.54 bits per heavy atom. The monoisotopic (exact) mass is 333 g/mol. The van der Waals surface area contributed by atoms with Crippen LogP contribution < -0.4 is 4.90 Å². The SMILES string of the molecule is CCOC(=O)C1(C(=O)OCC)C(C(C)=O)C(=O)N1c1ccccc1. The summed E-state index contributed by atoms with van der Waals surface area (Å²) in [5.41, 5.74) is -1.79. The Bertz CT molecular complexity index is 651. The largest absolute Gasteiger partial charge is 0.464 e. The number of nitrogens with zero attached hydrogens (tertiary/aromatic N) is 1. The Morgan fingerprint density at radius 1 is 1.04 bits per heavy atom. The van der Waals surface area contributed by atoms with E-state index in [9.17, 15) is 19.2 Å². The molecule has 0 radical (unpaired) electrons. The summed E-state index contributed by atoms with van der Waals surface area (Å²) in [6.45, 7) is 4.32. The van der Waals surface area contributed by atoms with Gasteiger partial charge in [0.2, 0.25) is 5.91 Å². The molecule has 1 aromatic rings. The molecule has 1 saturated heterocycles. The lowest BCUT2D eigenvalue weighted by atomic mass is 9.70. The van der Waals surface area contributed by atoms with E-state index in [4.69, 9.17) is 9.47 Å². The quantitative estimate of drug-likeness (QED) is 0.440. The van der Waals surface area contributed by atoms with Crippen molar-refractivity contribution in [1.29, 1.82) is 0 Å². The zero-order valence-corrected chi connectivity index (χ0v) is 13.8. The Balaban J connectivity index is 2.63. The second-order valence-corrected chi connectivity index (χ2v) is 5.26. The van der Waals surface area contributed by atoms with Crippen LogP contribution >= 0.6 is 0 Å². The fourth-order valence-electron chi connectivity index (χ4n) is 2.90. The number of benzene rings is 1. The summed E-state index contributed by atoms with van der Waals surface area (Å²) in [6.07, 6.45) is 0. The maximum Gasteiger partial charge on any atom is 0.345 e. The van der Waals surface area contributed by atoms with E-state index in [2.05, 4.69) is 0 Å². The summed E-state index contributed by atoms with van der Waals surface area (Å²) < 4.78 is 10.0. The topological polar surface area (TPSA) is 90.0 Å². The van der Waals surface area contributed by atoms with Gasteiger partial charge in [0.05, 0.1) is 13.2 Å². The number of Topliss-reactive ketones (excluding diaryl/α,β-unsaturated/α-hetero) is 1. The van der Waals surface area contributed by atoms with Gasteiger partial charge in [-0.3, -0.25) is 14.5 Å². The summed E-state index contributed by atoms with van der Waals surface area (Å²) in [6, 6.07) is 8.19. The Hall–Kier alpha value is -2.70. The van der Waals surface area contributed by atoms with Crippen molar-refractivity contribution < 1.29 is 28.7 Å². The molecule has 1 unspecified atom stereocenters. The predicted molar refractivity (Wildman–Crippen MR) is 84.1 cm³/mol. The summed E-state index contributed by atoms with van der Waals surface area (Å²) in [4.78, 5) is 50.8. The predicted octanol–water partition coefficient (Wildman–Crippen LogP) is 1.10. The highest BCUT2D eigenvalue weighted by molar-refractivity contribution is 6.32. The summed E-state index contributed by atoms with van der Waals surface area (Å²) in [5.74, 6) is -4.60. The number of ketones is 1. The van der Waals surface area contributed by atoms with E-state index < -0.39 is 35.1 Å². The van der Waals surface area contributed by atoms with Crippen molar-refractivity contribution in [2.45, 2.75) is 26.3 Å². The van der Waals surface area contributed by atoms with Crippen LogP contribution in [0.5, 0.6) is 0 Å². The van der Waals surface area contributed by atoms with Gasteiger partial charge in [0.1, 0.15) is 11.7 Å². The van der Waals surface area contributed by atoms with Gasteiger partial charge in [0.25, 0.3) is 5.54 Å². The molecule has 1 aliphatic rings. The first-order valence-electron chi connectivity index (χ1n) is 7.66. The number of β-lactam (4-membered cyclic amide) rings is 1. The molecule has 0 N–H and O–H groups in total. The van der Waals surface area contributed by atoms with Crippen molar-refractivity contribution in [3.63, 3.8) is 0 Å². The van der Waals surface area contributed by atoms with Gasteiger partial charge < -0.3 is 9.47 Å². The molecule has 24 heavy (non-hydrogen) atoms. The van der Waals surface area contributed by atoms with Gasteiger partial charge in [-0.15, -0.1) is 0 Å². The normalized spacial score (nSPS) is 18.5. The van der Waals surface area contributed by atoms with Crippen LogP contribution in [0.15, 0.2) is 30.3 Å². The van der Waals surface area contributed by atoms with Crippen LogP contribution in [0.1, 0.15) is 20.8 Å². The minimum atomic E-state index is -2.11. The first-order chi connectivity index (χ1) is 11.4. The van der Waals surface area contributed by atoms with Crippen LogP contribution in [-0.4, -0.2) is 42.4 Å². The highest BCUT2D eigenvalue weighted by atomic mass is 16.6. The molecule has 0 bridgehead atoms. The van der Waals surface area contributed by atoms with E-state index >= 15 is 0 Å². The molecule has 2 rings (SSSR count). The highest BCUT2D eigenvalue weighted by Gasteiger charge is 2.74. The standard InChI is InChI=1S/C17H19NO6/c1-4-23-15(21)17(16(22)24-5-2)13(11(3)19)14(20)18(17)12-9-7-6-8-10-12/h6-10,13H,4-5H2,1-3H3. The third-order valence-electron chi connectivity index (χ3n) is 3.83. The molecule has 1 fully saturated rings. The molecule has 1 aliphatic heterocycles. The van der Waals surface area contributed by atoms with E-state index in [0.29, 0.717) is 5.69 Å². The molecule has 1 atom stereocenters. The third-order valence-corrected chi connectivity index (χ3v) is 3.83. The summed E-state index contributed by atoms with van der Waals surface area (Å²) in [5, 5.41) is 0. The number of anilines is 1. The lowest BCUT2D eigenvalue weighted by molar-refractivity contribution is -0.178. The van der Waals surface area contributed by atoms with Crippen molar-refractivity contribution in [3.05, 3.63) is 30.3 Å². The first kappa shape index (κ1) is 17.7. The maximum atomic E-state index is 12.6. The zero-order valence-electron chi connectivity index (χ0n) is 13.8. The van der Waals surface area contributed by atoms with Crippen LogP contribution in [0.3, 0.4) is 0 Å². The van der Waals surface area contributed by atoms with Crippen LogP contribution in [0.4, 0.5) is 5.69 Å². The third kappa shape index (κ3) is 2.46. The van der Waals surface area contributed by atoms with Crippen LogP contribution in [0, 0.1) is 5.92 Å². The van der Waals surface area contributed by atoms with Gasteiger partial charge in [-0.1, -0.05) is 18.2 Å². The average Bonchev–Trinajstić information content (AvgIpc) is 2.53. The van der Waals surface area contributed by atoms with Gasteiger partial charge in [0, 0.05) is 5.69 Å². The maximum absolute atomic E-state index is 12.6. The minimum absolute atomic E-state index is 0.00142. The second-order valence-electron chi connectivity index (χ2n) is 5.26. The Labute approximate surface area is 139 Å². The van der Waals surface area contributed by atoms with E-state index in [0.717, 1.165) is 11.8 Å². The van der Waals surface area contributed by atoms with Crippen molar-refractivity contribution in [1.82, 2.24) is 0 Å². The first-order valence-corrected chi connectivity index (χ1v) is 7.66. The summed E-state index contributed by atoms with van der Waals surface area (Å²) >= 11 is 0. The molecule has 1 aromatic carbocycles. The number of hydrogen-bond donors (Lipinski definition) is 0. The molecule has 1 heterocycles. The van der Waals surface area contributed by atoms with Crippen LogP contribution in [-0.2, 0) is 28.7 Å². The van der Waals surface area contributed by atoms with Gasteiger partial charge >= 0.3 is 11.9 Å². The molecule has 0 spiro atoms. The molecular weight excluding hydrogens is 314 g/mol. The fraction of sp³-hybridized carbons (Fsp3) is 0.412. The van der Waals surface area contributed by atoms with Gasteiger partial charge in [-0.2, -0.15) is 0 Å². The second kappa shape index (κ2) is 6.82. The zero-order chi connectivity index (χ0) is 17.9. The van der Waals surface area contributed by atoms with E-state index in [-0.39, 0.29) is 13.2 Å². The van der Waals surface area contributed by atoms with E-state index in [1.165, 1.54) is 0 Å². The van der Waals surface area contributed by atoms with E-state index in [1.54, 1.807) is 44.2 Å². The molecule has 0 aromatic heterocycles. The molecular formula is C17H19NO6. The van der Waals surface area contributed by atoms with Crippen LogP contribution in [0.25, 0.3) is 0 Å². The molecule has 1 amide bonds. The van der Waals surface area contributed by atoms with Gasteiger partial charge in [-0.25, -0.2) is 9.59 Å². The van der Waals surface area contributed by atoms with E-state index in [1.807, 2.05) is 0 Å². The molecule has 7 nitrogen and oxygen atoms in total. The number of ether oxygens (including phenoxy) is 2. The van der Waals surface area contributed by atoms with Crippen LogP contribution in [0.2, 0.25) is 0 Å². The number of amides is 1. The lowest BCUT2D eigenvalue weighted by Gasteiger charge is -2.51. The van der Waals surface area contributed by atoms with Crippen molar-refractivity contribution in [2.24, 2.45) is 5.92 Å². The van der Waals surface area contributed by atoms with Gasteiger partial charge in [-0.05, 0) is 32.9 Å². The number of hydrogen-bond acceptors (Lipinski definition) is 6. The minimum Gasteiger partial charge on any atom is -0.464 e. The number of rotatable bonds is 6. The Morgan fingerprint density at radius 3 is 1.96 bits per heavy atom. The molecule has 128 valence electrons. The highest BCUT2D eigenvalue weighted by Crippen LogP contribution is 2.44. The molecule has 0 aliphatic carbocycles.